The van der Waals surface area contributed by atoms with Crippen molar-refractivity contribution in [3.8, 4) is 0 Å². The maximum absolute atomic E-state index is 12.1. The highest BCUT2D eigenvalue weighted by atomic mass is 35.5. The fourth-order valence-electron chi connectivity index (χ4n) is 2.69. The van der Waals surface area contributed by atoms with Crippen LogP contribution in [-0.4, -0.2) is 27.5 Å². The molecule has 0 saturated heterocycles. The van der Waals surface area contributed by atoms with Crippen LogP contribution in [-0.2, 0) is 10.0 Å². The van der Waals surface area contributed by atoms with Gasteiger partial charge in [0.05, 0.1) is 5.02 Å². The van der Waals surface area contributed by atoms with Crippen LogP contribution < -0.4 is 10.0 Å². The lowest BCUT2D eigenvalue weighted by Crippen LogP contribution is -2.36. The maximum atomic E-state index is 12.1. The van der Waals surface area contributed by atoms with Crippen LogP contribution in [0.1, 0.15) is 38.5 Å². The van der Waals surface area contributed by atoms with Gasteiger partial charge >= 0.3 is 0 Å². The van der Waals surface area contributed by atoms with Crippen molar-refractivity contribution in [2.45, 2.75) is 49.5 Å². The quantitative estimate of drug-likeness (QED) is 0.623. The number of halogens is 1. The summed E-state index contributed by atoms with van der Waals surface area (Å²) >= 11 is 5.93. The number of rotatable bonds is 6. The van der Waals surface area contributed by atoms with Crippen molar-refractivity contribution in [2.24, 2.45) is 0 Å². The van der Waals surface area contributed by atoms with Gasteiger partial charge in [-0.3, -0.25) is 0 Å². The zero-order chi connectivity index (χ0) is 15.1. The van der Waals surface area contributed by atoms with E-state index >= 15 is 0 Å². The van der Waals surface area contributed by atoms with Crippen LogP contribution in [0.2, 0.25) is 5.02 Å². The summed E-state index contributed by atoms with van der Waals surface area (Å²) in [6.45, 7) is 1.03. The molecule has 1 aliphatic carbocycles. The molecule has 0 aromatic heterocycles. The van der Waals surface area contributed by atoms with Crippen molar-refractivity contribution in [1.82, 2.24) is 10.0 Å². The molecule has 1 saturated carbocycles. The fourth-order valence-corrected chi connectivity index (χ4v) is 4.23. The zero-order valence-electron chi connectivity index (χ0n) is 12.1. The Labute approximate surface area is 132 Å². The lowest BCUT2D eigenvalue weighted by Gasteiger charge is -2.16. The van der Waals surface area contributed by atoms with E-state index in [1.54, 1.807) is 18.2 Å². The number of benzene rings is 1. The van der Waals surface area contributed by atoms with E-state index in [9.17, 15) is 8.42 Å². The summed E-state index contributed by atoms with van der Waals surface area (Å²) in [6.07, 6.45) is 7.55. The second kappa shape index (κ2) is 8.13. The van der Waals surface area contributed by atoms with E-state index in [1.165, 1.54) is 44.6 Å². The Morgan fingerprint density at radius 3 is 2.38 bits per heavy atom. The van der Waals surface area contributed by atoms with Crippen LogP contribution in [0.4, 0.5) is 0 Å². The van der Waals surface area contributed by atoms with E-state index in [0.29, 0.717) is 19.1 Å². The monoisotopic (exact) mass is 330 g/mol. The molecule has 0 spiro atoms. The Morgan fingerprint density at radius 1 is 1.05 bits per heavy atom. The normalized spacial score (nSPS) is 17.6. The first-order valence-electron chi connectivity index (χ1n) is 7.57. The van der Waals surface area contributed by atoms with Gasteiger partial charge in [0.15, 0.2) is 0 Å². The van der Waals surface area contributed by atoms with E-state index in [-0.39, 0.29) is 9.92 Å². The third-order valence-electron chi connectivity index (χ3n) is 3.83. The largest absolute Gasteiger partial charge is 0.313 e. The van der Waals surface area contributed by atoms with Gasteiger partial charge in [-0.1, -0.05) is 49.4 Å². The molecule has 1 aromatic carbocycles. The first kappa shape index (κ1) is 16.7. The highest BCUT2D eigenvalue weighted by molar-refractivity contribution is 7.89. The summed E-state index contributed by atoms with van der Waals surface area (Å²) < 4.78 is 26.9. The molecule has 0 heterocycles. The molecule has 0 unspecified atom stereocenters. The van der Waals surface area contributed by atoms with E-state index in [0.717, 1.165) is 0 Å². The van der Waals surface area contributed by atoms with Gasteiger partial charge < -0.3 is 5.32 Å². The van der Waals surface area contributed by atoms with Crippen LogP contribution in [0.5, 0.6) is 0 Å². The van der Waals surface area contributed by atoms with Gasteiger partial charge in [0, 0.05) is 19.1 Å². The molecular weight excluding hydrogens is 308 g/mol. The molecule has 0 bridgehead atoms. The van der Waals surface area contributed by atoms with E-state index in [1.807, 2.05) is 0 Å². The highest BCUT2D eigenvalue weighted by Crippen LogP contribution is 2.20. The molecule has 2 rings (SSSR count). The molecule has 0 atom stereocenters. The third-order valence-corrected chi connectivity index (χ3v) is 5.79. The molecule has 0 radical (unpaired) electrons. The predicted molar refractivity (Wildman–Crippen MR) is 86.1 cm³/mol. The van der Waals surface area contributed by atoms with Crippen LogP contribution >= 0.6 is 11.6 Å². The average Bonchev–Trinajstić information content (AvgIpc) is 2.72. The molecule has 1 fully saturated rings. The van der Waals surface area contributed by atoms with Crippen LogP contribution in [0.15, 0.2) is 29.2 Å². The molecule has 1 aliphatic rings. The molecule has 2 N–H and O–H groups in total. The summed E-state index contributed by atoms with van der Waals surface area (Å²) in [7, 11) is -3.52. The minimum Gasteiger partial charge on any atom is -0.313 e. The van der Waals surface area contributed by atoms with Crippen molar-refractivity contribution < 1.29 is 8.42 Å². The predicted octanol–water partition coefficient (Wildman–Crippen LogP) is 2.93. The Bertz CT molecular complexity index is 540. The number of hydrogen-bond acceptors (Lipinski definition) is 3. The van der Waals surface area contributed by atoms with Crippen molar-refractivity contribution in [3.63, 3.8) is 0 Å². The van der Waals surface area contributed by atoms with Gasteiger partial charge in [0.25, 0.3) is 0 Å². The van der Waals surface area contributed by atoms with Crippen molar-refractivity contribution in [2.75, 3.05) is 13.1 Å². The maximum Gasteiger partial charge on any atom is 0.242 e. The highest BCUT2D eigenvalue weighted by Gasteiger charge is 2.17. The fraction of sp³-hybridized carbons (Fsp3) is 0.600. The summed E-state index contributed by atoms with van der Waals surface area (Å²) in [6, 6.07) is 7.01. The molecule has 0 aliphatic heterocycles. The Kier molecular flexibility index (Phi) is 6.48. The van der Waals surface area contributed by atoms with Crippen molar-refractivity contribution >= 4 is 21.6 Å². The van der Waals surface area contributed by atoms with Crippen LogP contribution in [0, 0.1) is 0 Å². The van der Waals surface area contributed by atoms with E-state index < -0.39 is 10.0 Å². The van der Waals surface area contributed by atoms with E-state index in [2.05, 4.69) is 10.0 Å². The lowest BCUT2D eigenvalue weighted by molar-refractivity contribution is 0.461. The molecule has 21 heavy (non-hydrogen) atoms. The number of nitrogens with one attached hydrogen (secondary N) is 2. The van der Waals surface area contributed by atoms with Crippen LogP contribution in [0.3, 0.4) is 0 Å². The molecular formula is C15H23ClN2O2S. The topological polar surface area (TPSA) is 58.2 Å². The average molecular weight is 331 g/mol. The molecule has 1 aromatic rings. The second-order valence-electron chi connectivity index (χ2n) is 5.47. The van der Waals surface area contributed by atoms with Gasteiger partial charge in [-0.05, 0) is 25.0 Å². The van der Waals surface area contributed by atoms with Gasteiger partial charge in [0.1, 0.15) is 4.90 Å². The Morgan fingerprint density at radius 2 is 1.71 bits per heavy atom. The Balaban J connectivity index is 1.78. The van der Waals surface area contributed by atoms with Crippen LogP contribution in [0.25, 0.3) is 0 Å². The Hall–Kier alpha value is -0.620. The molecule has 118 valence electrons. The summed E-state index contributed by atoms with van der Waals surface area (Å²) in [5, 5.41) is 3.69. The first-order chi connectivity index (χ1) is 10.1. The summed E-state index contributed by atoms with van der Waals surface area (Å²) in [4.78, 5) is 0.140. The smallest absolute Gasteiger partial charge is 0.242 e. The first-order valence-corrected chi connectivity index (χ1v) is 9.43. The van der Waals surface area contributed by atoms with Gasteiger partial charge in [0.2, 0.25) is 10.0 Å². The van der Waals surface area contributed by atoms with E-state index in [4.69, 9.17) is 11.6 Å². The third kappa shape index (κ3) is 5.25. The molecule has 6 heteroatoms. The number of sulfonamides is 1. The SMILES string of the molecule is O=S(=O)(NCCNC1CCCCCC1)c1ccccc1Cl. The minimum atomic E-state index is -3.52. The minimum absolute atomic E-state index is 0.140. The summed E-state index contributed by atoms with van der Waals surface area (Å²) in [5.41, 5.74) is 0. The zero-order valence-corrected chi connectivity index (χ0v) is 13.7. The molecule has 0 amide bonds. The van der Waals surface area contributed by atoms with Crippen molar-refractivity contribution in [3.05, 3.63) is 29.3 Å². The van der Waals surface area contributed by atoms with Crippen molar-refractivity contribution in [1.29, 1.82) is 0 Å². The summed E-state index contributed by atoms with van der Waals surface area (Å²) in [5.74, 6) is 0. The van der Waals surface area contributed by atoms with Gasteiger partial charge in [-0.2, -0.15) is 0 Å². The van der Waals surface area contributed by atoms with Gasteiger partial charge in [-0.15, -0.1) is 0 Å². The lowest BCUT2D eigenvalue weighted by atomic mass is 10.1. The second-order valence-corrected chi connectivity index (χ2v) is 7.61. The standard InChI is InChI=1S/C15H23ClN2O2S/c16-14-9-5-6-10-15(14)21(19,20)18-12-11-17-13-7-3-1-2-4-8-13/h5-6,9-10,13,17-18H,1-4,7-8,11-12H2. The number of hydrogen-bond donors (Lipinski definition) is 2. The van der Waals surface area contributed by atoms with Gasteiger partial charge in [-0.25, -0.2) is 13.1 Å². The molecule has 4 nitrogen and oxygen atoms in total.